The summed E-state index contributed by atoms with van der Waals surface area (Å²) in [7, 11) is 1.35. The van der Waals surface area contributed by atoms with Crippen LogP contribution in [-0.2, 0) is 11.2 Å². The molecule has 0 atom stereocenters. The molecule has 148 valence electrons. The number of rotatable bonds is 9. The van der Waals surface area contributed by atoms with Crippen molar-refractivity contribution in [1.29, 1.82) is 0 Å². The van der Waals surface area contributed by atoms with E-state index in [1.807, 2.05) is 0 Å². The number of amides is 1. The van der Waals surface area contributed by atoms with E-state index < -0.39 is 11.5 Å². The summed E-state index contributed by atoms with van der Waals surface area (Å²) in [6, 6.07) is 10.4. The zero-order chi connectivity index (χ0) is 20.5. The molecule has 1 N–H and O–H groups in total. The van der Waals surface area contributed by atoms with Gasteiger partial charge in [0.15, 0.2) is 11.5 Å². The molecule has 0 aliphatic heterocycles. The van der Waals surface area contributed by atoms with E-state index >= 15 is 0 Å². The summed E-state index contributed by atoms with van der Waals surface area (Å²) in [4.78, 5) is 22.1. The van der Waals surface area contributed by atoms with E-state index in [0.29, 0.717) is 18.5 Å². The number of nitro benzene ring substituents is 1. The molecule has 0 aliphatic rings. The van der Waals surface area contributed by atoms with Gasteiger partial charge in [0.2, 0.25) is 5.91 Å². The maximum Gasteiger partial charge on any atom is 0.387 e. The first-order valence-electron chi connectivity index (χ1n) is 8.21. The fourth-order valence-corrected chi connectivity index (χ4v) is 2.36. The highest BCUT2D eigenvalue weighted by molar-refractivity contribution is 5.91. The summed E-state index contributed by atoms with van der Waals surface area (Å²) in [6.45, 7) is -2.65. The number of alkyl halides is 2. The highest BCUT2D eigenvalue weighted by atomic mass is 19.3. The minimum atomic E-state index is -2.95. The molecule has 0 radical (unpaired) electrons. The van der Waals surface area contributed by atoms with Crippen LogP contribution in [0.5, 0.6) is 11.5 Å². The van der Waals surface area contributed by atoms with E-state index in [9.17, 15) is 23.7 Å². The Morgan fingerprint density at radius 2 is 2.04 bits per heavy atom. The Labute approximate surface area is 159 Å². The van der Waals surface area contributed by atoms with Crippen LogP contribution in [0, 0.1) is 10.1 Å². The molecule has 7 nitrogen and oxygen atoms in total. The van der Waals surface area contributed by atoms with Crippen LogP contribution in [0.25, 0.3) is 6.08 Å². The first-order valence-corrected chi connectivity index (χ1v) is 8.21. The van der Waals surface area contributed by atoms with Gasteiger partial charge in [0.1, 0.15) is 0 Å². The lowest BCUT2D eigenvalue weighted by molar-refractivity contribution is -0.384. The van der Waals surface area contributed by atoms with Crippen molar-refractivity contribution in [2.45, 2.75) is 13.0 Å². The van der Waals surface area contributed by atoms with Gasteiger partial charge in [-0.25, -0.2) is 0 Å². The third-order valence-electron chi connectivity index (χ3n) is 3.67. The van der Waals surface area contributed by atoms with Gasteiger partial charge in [-0.3, -0.25) is 14.9 Å². The molecule has 0 aromatic heterocycles. The zero-order valence-corrected chi connectivity index (χ0v) is 14.9. The number of benzene rings is 2. The van der Waals surface area contributed by atoms with Gasteiger partial charge in [-0.1, -0.05) is 18.2 Å². The van der Waals surface area contributed by atoms with Crippen molar-refractivity contribution >= 4 is 17.7 Å². The van der Waals surface area contributed by atoms with Gasteiger partial charge in [0, 0.05) is 24.8 Å². The van der Waals surface area contributed by atoms with Crippen LogP contribution in [0.3, 0.4) is 0 Å². The highest BCUT2D eigenvalue weighted by Crippen LogP contribution is 2.29. The number of halogens is 2. The zero-order valence-electron chi connectivity index (χ0n) is 14.9. The fourth-order valence-electron chi connectivity index (χ4n) is 2.36. The monoisotopic (exact) mass is 392 g/mol. The fraction of sp³-hybridized carbons (Fsp3) is 0.211. The molecule has 0 saturated heterocycles. The second-order valence-electron chi connectivity index (χ2n) is 5.59. The number of nitrogens with one attached hydrogen (secondary N) is 1. The lowest BCUT2D eigenvalue weighted by atomic mass is 10.1. The molecule has 2 aromatic carbocycles. The number of nitrogens with zero attached hydrogens (tertiary/aromatic N) is 1. The lowest BCUT2D eigenvalue weighted by Crippen LogP contribution is -2.23. The molecule has 0 unspecified atom stereocenters. The normalized spacial score (nSPS) is 10.9. The van der Waals surface area contributed by atoms with Gasteiger partial charge in [0.05, 0.1) is 12.0 Å². The van der Waals surface area contributed by atoms with Gasteiger partial charge in [0.25, 0.3) is 5.69 Å². The van der Waals surface area contributed by atoms with E-state index in [0.717, 1.165) is 5.56 Å². The van der Waals surface area contributed by atoms with Crippen molar-refractivity contribution in [3.63, 3.8) is 0 Å². The van der Waals surface area contributed by atoms with Gasteiger partial charge in [-0.2, -0.15) is 8.78 Å². The third kappa shape index (κ3) is 6.35. The van der Waals surface area contributed by atoms with Crippen molar-refractivity contribution in [2.75, 3.05) is 13.7 Å². The first kappa shape index (κ1) is 20.8. The maximum atomic E-state index is 12.3. The number of hydrogen-bond donors (Lipinski definition) is 1. The number of non-ortho nitro benzene ring substituents is 1. The van der Waals surface area contributed by atoms with E-state index in [2.05, 4.69) is 10.1 Å². The Bertz CT molecular complexity index is 871. The Morgan fingerprint density at radius 1 is 1.25 bits per heavy atom. The molecule has 1 amide bonds. The minimum Gasteiger partial charge on any atom is -0.493 e. The van der Waals surface area contributed by atoms with E-state index in [1.54, 1.807) is 18.2 Å². The molecule has 0 aliphatic carbocycles. The predicted octanol–water partition coefficient (Wildman–Crippen LogP) is 3.58. The van der Waals surface area contributed by atoms with Gasteiger partial charge in [-0.15, -0.1) is 0 Å². The third-order valence-corrected chi connectivity index (χ3v) is 3.67. The van der Waals surface area contributed by atoms with Gasteiger partial charge >= 0.3 is 6.61 Å². The Morgan fingerprint density at radius 3 is 2.71 bits per heavy atom. The SMILES string of the molecule is COc1cc(CCNC(=O)/C=C/c2cccc([N+](=O)[O-])c2)ccc1OC(F)F. The number of carbonyl (C=O) groups excluding carboxylic acids is 1. The van der Waals surface area contributed by atoms with Crippen molar-refractivity contribution in [2.24, 2.45) is 0 Å². The topological polar surface area (TPSA) is 90.7 Å². The van der Waals surface area contributed by atoms with Crippen LogP contribution < -0.4 is 14.8 Å². The Hall–Kier alpha value is -3.49. The van der Waals surface area contributed by atoms with Crippen molar-refractivity contribution in [3.05, 3.63) is 69.8 Å². The summed E-state index contributed by atoms with van der Waals surface area (Å²) in [6.07, 6.45) is 3.20. The number of methoxy groups -OCH3 is 1. The van der Waals surface area contributed by atoms with E-state index in [4.69, 9.17) is 4.74 Å². The number of ether oxygens (including phenoxy) is 2. The summed E-state index contributed by atoms with van der Waals surface area (Å²) >= 11 is 0. The number of carbonyl (C=O) groups is 1. The molecule has 0 fully saturated rings. The smallest absolute Gasteiger partial charge is 0.387 e. The standard InChI is InChI=1S/C19H18F2N2O5/c1-27-17-12-14(5-7-16(17)28-19(20)21)9-10-22-18(24)8-6-13-3-2-4-15(11-13)23(25)26/h2-8,11-12,19H,9-10H2,1H3,(H,22,24)/b8-6+. The van der Waals surface area contributed by atoms with Crippen molar-refractivity contribution in [1.82, 2.24) is 5.32 Å². The largest absolute Gasteiger partial charge is 0.493 e. The van der Waals surface area contributed by atoms with Crippen LogP contribution >= 0.6 is 0 Å². The molecule has 28 heavy (non-hydrogen) atoms. The van der Waals surface area contributed by atoms with Crippen molar-refractivity contribution in [3.8, 4) is 11.5 Å². The summed E-state index contributed by atoms with van der Waals surface area (Å²) < 4.78 is 34.0. The molecular formula is C19H18F2N2O5. The second kappa shape index (κ2) is 10.0. The highest BCUT2D eigenvalue weighted by Gasteiger charge is 2.11. The average Bonchev–Trinajstić information content (AvgIpc) is 2.67. The minimum absolute atomic E-state index is 0.0595. The summed E-state index contributed by atoms with van der Waals surface area (Å²) in [5, 5.41) is 13.4. The Balaban J connectivity index is 1.88. The first-order chi connectivity index (χ1) is 13.4. The van der Waals surface area contributed by atoms with Gasteiger partial charge < -0.3 is 14.8 Å². The number of hydrogen-bond acceptors (Lipinski definition) is 5. The maximum absolute atomic E-state index is 12.3. The molecule has 9 heteroatoms. The molecular weight excluding hydrogens is 374 g/mol. The van der Waals surface area contributed by atoms with Gasteiger partial charge in [-0.05, 0) is 35.8 Å². The number of nitro groups is 1. The quantitative estimate of drug-likeness (QED) is 0.400. The van der Waals surface area contributed by atoms with Crippen LogP contribution in [0.4, 0.5) is 14.5 Å². The molecule has 0 bridgehead atoms. The van der Waals surface area contributed by atoms with Crippen LogP contribution in [0.1, 0.15) is 11.1 Å². The van der Waals surface area contributed by atoms with Crippen LogP contribution in [0.15, 0.2) is 48.5 Å². The predicted molar refractivity (Wildman–Crippen MR) is 98.5 cm³/mol. The van der Waals surface area contributed by atoms with E-state index in [1.165, 1.54) is 43.5 Å². The molecule has 0 saturated carbocycles. The van der Waals surface area contributed by atoms with Crippen LogP contribution in [-0.4, -0.2) is 31.1 Å². The Kier molecular flexibility index (Phi) is 7.44. The molecule has 2 aromatic rings. The average molecular weight is 392 g/mol. The second-order valence-corrected chi connectivity index (χ2v) is 5.59. The summed E-state index contributed by atoms with van der Waals surface area (Å²) in [5.74, 6) is -0.254. The molecule has 0 spiro atoms. The van der Waals surface area contributed by atoms with Crippen LogP contribution in [0.2, 0.25) is 0 Å². The lowest BCUT2D eigenvalue weighted by Gasteiger charge is -2.11. The van der Waals surface area contributed by atoms with E-state index in [-0.39, 0.29) is 23.1 Å². The molecule has 0 heterocycles. The summed E-state index contributed by atoms with van der Waals surface area (Å²) in [5.41, 5.74) is 1.24. The van der Waals surface area contributed by atoms with Crippen molar-refractivity contribution < 1.29 is 28.0 Å². The molecule has 2 rings (SSSR count).